The SMILES string of the molecule is COc1ccc(-c2cc(N)n(-c3nc(-c4ccccc4)cs3)n2)cc1. The van der Waals surface area contributed by atoms with Gasteiger partial charge in [0.15, 0.2) is 0 Å². The van der Waals surface area contributed by atoms with Crippen LogP contribution in [0.4, 0.5) is 5.82 Å². The Kier molecular flexibility index (Phi) is 3.95. The van der Waals surface area contributed by atoms with Crippen LogP contribution in [0, 0.1) is 0 Å². The van der Waals surface area contributed by atoms with E-state index in [1.54, 1.807) is 11.8 Å². The number of ether oxygens (including phenoxy) is 1. The molecule has 0 atom stereocenters. The van der Waals surface area contributed by atoms with Crippen LogP contribution in [-0.4, -0.2) is 21.9 Å². The Labute approximate surface area is 149 Å². The molecule has 124 valence electrons. The molecule has 0 aliphatic rings. The fourth-order valence-corrected chi connectivity index (χ4v) is 3.36. The molecule has 5 nitrogen and oxygen atoms in total. The zero-order valence-corrected chi connectivity index (χ0v) is 14.4. The van der Waals surface area contributed by atoms with Gasteiger partial charge in [-0.25, -0.2) is 4.98 Å². The molecule has 0 saturated carbocycles. The number of rotatable bonds is 4. The number of nitrogens with two attached hydrogens (primary N) is 1. The largest absolute Gasteiger partial charge is 0.497 e. The van der Waals surface area contributed by atoms with Gasteiger partial charge >= 0.3 is 0 Å². The maximum Gasteiger partial charge on any atom is 0.212 e. The third-order valence-corrected chi connectivity index (χ3v) is 4.68. The molecule has 0 fully saturated rings. The average Bonchev–Trinajstić information content (AvgIpc) is 3.29. The Morgan fingerprint density at radius 3 is 2.40 bits per heavy atom. The summed E-state index contributed by atoms with van der Waals surface area (Å²) in [5.41, 5.74) is 9.93. The molecule has 0 spiro atoms. The second kappa shape index (κ2) is 6.41. The first-order valence-corrected chi connectivity index (χ1v) is 8.64. The fraction of sp³-hybridized carbons (Fsp3) is 0.0526. The molecule has 2 aromatic heterocycles. The first kappa shape index (κ1) is 15.4. The summed E-state index contributed by atoms with van der Waals surface area (Å²) in [6.07, 6.45) is 0. The highest BCUT2D eigenvalue weighted by atomic mass is 32.1. The molecule has 0 aliphatic heterocycles. The number of benzene rings is 2. The zero-order chi connectivity index (χ0) is 17.2. The highest BCUT2D eigenvalue weighted by Gasteiger charge is 2.13. The summed E-state index contributed by atoms with van der Waals surface area (Å²) in [5.74, 6) is 1.36. The first-order valence-electron chi connectivity index (χ1n) is 7.76. The lowest BCUT2D eigenvalue weighted by Gasteiger charge is -2.00. The van der Waals surface area contributed by atoms with E-state index in [9.17, 15) is 0 Å². The number of thiazole rings is 1. The third-order valence-electron chi connectivity index (χ3n) is 3.87. The minimum absolute atomic E-state index is 0.555. The van der Waals surface area contributed by atoms with Crippen LogP contribution in [0.3, 0.4) is 0 Å². The van der Waals surface area contributed by atoms with Crippen LogP contribution in [0.1, 0.15) is 0 Å². The van der Waals surface area contributed by atoms with Crippen molar-refractivity contribution in [3.05, 3.63) is 66.0 Å². The lowest BCUT2D eigenvalue weighted by molar-refractivity contribution is 0.415. The van der Waals surface area contributed by atoms with Gasteiger partial charge in [-0.15, -0.1) is 11.3 Å². The van der Waals surface area contributed by atoms with E-state index in [0.29, 0.717) is 5.82 Å². The molecule has 0 aliphatic carbocycles. The number of hydrogen-bond acceptors (Lipinski definition) is 5. The van der Waals surface area contributed by atoms with E-state index in [0.717, 1.165) is 33.4 Å². The Morgan fingerprint density at radius 2 is 1.68 bits per heavy atom. The predicted octanol–water partition coefficient (Wildman–Crippen LogP) is 4.25. The van der Waals surface area contributed by atoms with Crippen molar-refractivity contribution in [1.29, 1.82) is 0 Å². The lowest BCUT2D eigenvalue weighted by atomic mass is 10.1. The second-order valence-corrected chi connectivity index (χ2v) is 6.31. The van der Waals surface area contributed by atoms with Crippen LogP contribution in [0.5, 0.6) is 5.75 Å². The van der Waals surface area contributed by atoms with Gasteiger partial charge in [0.1, 0.15) is 11.6 Å². The van der Waals surface area contributed by atoms with Crippen molar-refractivity contribution in [3.63, 3.8) is 0 Å². The standard InChI is InChI=1S/C19H16N4OS/c1-24-15-9-7-14(8-10-15)16-11-18(20)23(22-16)19-21-17(12-25-19)13-5-3-2-4-6-13/h2-12H,20H2,1H3. The van der Waals surface area contributed by atoms with E-state index in [-0.39, 0.29) is 0 Å². The molecule has 0 unspecified atom stereocenters. The van der Waals surface area contributed by atoms with Crippen LogP contribution in [0.25, 0.3) is 27.6 Å². The summed E-state index contributed by atoms with van der Waals surface area (Å²) < 4.78 is 6.87. The highest BCUT2D eigenvalue weighted by molar-refractivity contribution is 7.12. The number of hydrogen-bond donors (Lipinski definition) is 1. The van der Waals surface area contributed by atoms with Crippen molar-refractivity contribution in [2.45, 2.75) is 0 Å². The van der Waals surface area contributed by atoms with Gasteiger partial charge in [-0.05, 0) is 24.3 Å². The van der Waals surface area contributed by atoms with E-state index in [4.69, 9.17) is 10.5 Å². The molecule has 4 rings (SSSR count). The molecule has 2 heterocycles. The van der Waals surface area contributed by atoms with Crippen molar-refractivity contribution in [3.8, 4) is 33.4 Å². The Morgan fingerprint density at radius 1 is 0.960 bits per heavy atom. The van der Waals surface area contributed by atoms with Crippen molar-refractivity contribution in [2.75, 3.05) is 12.8 Å². The molecular formula is C19H16N4OS. The minimum Gasteiger partial charge on any atom is -0.497 e. The lowest BCUT2D eigenvalue weighted by Crippen LogP contribution is -2.01. The van der Waals surface area contributed by atoms with Gasteiger partial charge in [0, 0.05) is 22.6 Å². The molecule has 0 saturated heterocycles. The Hall–Kier alpha value is -3.12. The number of aromatic nitrogens is 3. The van der Waals surface area contributed by atoms with Crippen LogP contribution in [0.15, 0.2) is 66.0 Å². The van der Waals surface area contributed by atoms with E-state index in [1.165, 1.54) is 11.3 Å². The predicted molar refractivity (Wildman–Crippen MR) is 101 cm³/mol. The van der Waals surface area contributed by atoms with Crippen LogP contribution < -0.4 is 10.5 Å². The first-order chi connectivity index (χ1) is 12.2. The molecule has 0 amide bonds. The van der Waals surface area contributed by atoms with Gasteiger partial charge in [0.05, 0.1) is 18.5 Å². The number of nitrogens with zero attached hydrogens (tertiary/aromatic N) is 3. The normalized spacial score (nSPS) is 10.8. The van der Waals surface area contributed by atoms with Gasteiger partial charge in [0.2, 0.25) is 5.13 Å². The Bertz CT molecular complexity index is 990. The molecule has 2 N–H and O–H groups in total. The second-order valence-electron chi connectivity index (χ2n) is 5.48. The summed E-state index contributed by atoms with van der Waals surface area (Å²) >= 11 is 1.52. The summed E-state index contributed by atoms with van der Waals surface area (Å²) in [4.78, 5) is 4.66. The van der Waals surface area contributed by atoms with Crippen LogP contribution in [0.2, 0.25) is 0 Å². The monoisotopic (exact) mass is 348 g/mol. The van der Waals surface area contributed by atoms with E-state index >= 15 is 0 Å². The maximum absolute atomic E-state index is 6.16. The fourth-order valence-electron chi connectivity index (χ4n) is 2.55. The molecule has 0 bridgehead atoms. The van der Waals surface area contributed by atoms with Crippen molar-refractivity contribution >= 4 is 17.2 Å². The van der Waals surface area contributed by atoms with E-state index in [2.05, 4.69) is 10.1 Å². The summed E-state index contributed by atoms with van der Waals surface area (Å²) in [6, 6.07) is 19.6. The van der Waals surface area contributed by atoms with Gasteiger partial charge in [0.25, 0.3) is 0 Å². The number of anilines is 1. The topological polar surface area (TPSA) is 66.0 Å². The number of methoxy groups -OCH3 is 1. The van der Waals surface area contributed by atoms with Gasteiger partial charge < -0.3 is 10.5 Å². The van der Waals surface area contributed by atoms with Crippen molar-refractivity contribution < 1.29 is 4.74 Å². The van der Waals surface area contributed by atoms with Gasteiger partial charge in [-0.3, -0.25) is 0 Å². The molecule has 6 heteroatoms. The molecule has 25 heavy (non-hydrogen) atoms. The van der Waals surface area contributed by atoms with E-state index in [1.807, 2.05) is 66.0 Å². The highest BCUT2D eigenvalue weighted by Crippen LogP contribution is 2.28. The average molecular weight is 348 g/mol. The van der Waals surface area contributed by atoms with Crippen molar-refractivity contribution in [2.24, 2.45) is 0 Å². The quantitative estimate of drug-likeness (QED) is 0.599. The zero-order valence-electron chi connectivity index (χ0n) is 13.6. The van der Waals surface area contributed by atoms with Gasteiger partial charge in [-0.1, -0.05) is 30.3 Å². The summed E-state index contributed by atoms with van der Waals surface area (Å²) in [6.45, 7) is 0. The maximum atomic E-state index is 6.16. The molecule has 0 radical (unpaired) electrons. The Balaban J connectivity index is 1.67. The minimum atomic E-state index is 0.555. The van der Waals surface area contributed by atoms with E-state index < -0.39 is 0 Å². The third kappa shape index (κ3) is 2.99. The van der Waals surface area contributed by atoms with Crippen LogP contribution >= 0.6 is 11.3 Å². The molecule has 2 aromatic carbocycles. The summed E-state index contributed by atoms with van der Waals surface area (Å²) in [5, 5.41) is 7.37. The van der Waals surface area contributed by atoms with Crippen molar-refractivity contribution in [1.82, 2.24) is 14.8 Å². The van der Waals surface area contributed by atoms with Gasteiger partial charge in [-0.2, -0.15) is 9.78 Å². The smallest absolute Gasteiger partial charge is 0.212 e. The van der Waals surface area contributed by atoms with Crippen LogP contribution in [-0.2, 0) is 0 Å². The summed E-state index contributed by atoms with van der Waals surface area (Å²) in [7, 11) is 1.65. The molecular weight excluding hydrogens is 332 g/mol. The number of nitrogen functional groups attached to an aromatic ring is 1. The molecule has 4 aromatic rings.